The maximum atomic E-state index is 12.1. The molecule has 3 amide bonds. The summed E-state index contributed by atoms with van der Waals surface area (Å²) in [4.78, 5) is 35.1. The number of hydrogen-bond acceptors (Lipinski definition) is 4. The second-order valence-electron chi connectivity index (χ2n) is 6.14. The molecule has 2 aromatic rings. The molecular weight excluding hydrogens is 344 g/mol. The lowest BCUT2D eigenvalue weighted by Crippen LogP contribution is -2.21. The monoisotopic (exact) mass is 366 g/mol. The van der Waals surface area contributed by atoms with Gasteiger partial charge in [0.15, 0.2) is 0 Å². The smallest absolute Gasteiger partial charge is 0.271 e. The Balaban J connectivity index is 1.87. The molecule has 0 fully saturated rings. The molecule has 0 bridgehead atoms. The second-order valence-corrected chi connectivity index (χ2v) is 6.14. The summed E-state index contributed by atoms with van der Waals surface area (Å²) in [6.07, 6.45) is 0.0652. The topological polar surface area (TPSA) is 99.7 Å². The zero-order chi connectivity index (χ0) is 19.8. The number of hydrogen-bond donors (Lipinski definition) is 3. The van der Waals surface area contributed by atoms with Crippen molar-refractivity contribution >= 4 is 34.8 Å². The van der Waals surface area contributed by atoms with Gasteiger partial charge in [0.1, 0.15) is 0 Å². The van der Waals surface area contributed by atoms with Crippen LogP contribution in [-0.4, -0.2) is 23.4 Å². The van der Waals surface area contributed by atoms with Crippen LogP contribution in [0.5, 0.6) is 0 Å². The molecule has 0 saturated carbocycles. The first-order valence-electron chi connectivity index (χ1n) is 8.41. The van der Waals surface area contributed by atoms with E-state index in [1.807, 2.05) is 31.2 Å². The Labute approximate surface area is 157 Å². The number of anilines is 2. The molecule has 0 aliphatic carbocycles. The summed E-state index contributed by atoms with van der Waals surface area (Å²) in [5, 5.41) is 9.37. The molecule has 0 atom stereocenters. The van der Waals surface area contributed by atoms with Crippen molar-refractivity contribution in [3.8, 4) is 0 Å². The Morgan fingerprint density at radius 3 is 2.26 bits per heavy atom. The highest BCUT2D eigenvalue weighted by Crippen LogP contribution is 2.10. The Bertz CT molecular complexity index is 873. The van der Waals surface area contributed by atoms with Gasteiger partial charge in [-0.25, -0.2) is 5.43 Å². The number of nitrogens with one attached hydrogen (secondary N) is 3. The van der Waals surface area contributed by atoms with E-state index in [2.05, 4.69) is 21.2 Å². The zero-order valence-electron chi connectivity index (χ0n) is 15.5. The normalized spacial score (nSPS) is 10.9. The van der Waals surface area contributed by atoms with Crippen LogP contribution in [0, 0.1) is 6.92 Å². The van der Waals surface area contributed by atoms with E-state index >= 15 is 0 Å². The molecule has 0 aliphatic rings. The van der Waals surface area contributed by atoms with Crippen molar-refractivity contribution in [1.29, 1.82) is 0 Å². The van der Waals surface area contributed by atoms with Crippen molar-refractivity contribution in [2.24, 2.45) is 5.10 Å². The fraction of sp³-hybridized carbons (Fsp3) is 0.200. The average molecular weight is 366 g/mol. The fourth-order valence-corrected chi connectivity index (χ4v) is 2.32. The lowest BCUT2D eigenvalue weighted by molar-refractivity contribution is -0.115. The summed E-state index contributed by atoms with van der Waals surface area (Å²) in [6.45, 7) is 5.02. The van der Waals surface area contributed by atoms with Crippen LogP contribution in [0.15, 0.2) is 53.6 Å². The highest BCUT2D eigenvalue weighted by Gasteiger charge is 2.07. The van der Waals surface area contributed by atoms with Gasteiger partial charge in [0.2, 0.25) is 11.8 Å². The minimum absolute atomic E-state index is 0.0652. The van der Waals surface area contributed by atoms with Gasteiger partial charge in [0.25, 0.3) is 5.91 Å². The van der Waals surface area contributed by atoms with E-state index in [0.29, 0.717) is 17.0 Å². The number of aryl methyl sites for hydroxylation is 1. The largest absolute Gasteiger partial charge is 0.326 e. The predicted molar refractivity (Wildman–Crippen MR) is 106 cm³/mol. The van der Waals surface area contributed by atoms with Crippen LogP contribution >= 0.6 is 0 Å². The van der Waals surface area contributed by atoms with Gasteiger partial charge in [-0.15, -0.1) is 0 Å². The molecule has 0 saturated heterocycles. The molecule has 27 heavy (non-hydrogen) atoms. The lowest BCUT2D eigenvalue weighted by Gasteiger charge is -2.07. The molecule has 0 spiro atoms. The second kappa shape index (κ2) is 9.28. The summed E-state index contributed by atoms with van der Waals surface area (Å²) < 4.78 is 0. The SMILES string of the molecule is CC(=O)Nc1ccc(C(=O)N/N=C(\C)CC(=O)Nc2cccc(C)c2)cc1. The summed E-state index contributed by atoms with van der Waals surface area (Å²) in [6, 6.07) is 13.9. The van der Waals surface area contributed by atoms with Gasteiger partial charge >= 0.3 is 0 Å². The minimum atomic E-state index is -0.400. The molecule has 0 heterocycles. The zero-order valence-corrected chi connectivity index (χ0v) is 15.5. The molecule has 7 nitrogen and oxygen atoms in total. The number of carbonyl (C=O) groups is 3. The summed E-state index contributed by atoms with van der Waals surface area (Å²) in [5.41, 5.74) is 5.66. The molecular formula is C20H22N4O3. The van der Waals surface area contributed by atoms with Gasteiger partial charge in [-0.05, 0) is 55.8 Å². The summed E-state index contributed by atoms with van der Waals surface area (Å²) >= 11 is 0. The van der Waals surface area contributed by atoms with Crippen molar-refractivity contribution in [3.63, 3.8) is 0 Å². The highest BCUT2D eigenvalue weighted by atomic mass is 16.2. The first kappa shape index (κ1) is 19.8. The Morgan fingerprint density at radius 1 is 0.926 bits per heavy atom. The van der Waals surface area contributed by atoms with E-state index in [9.17, 15) is 14.4 Å². The Morgan fingerprint density at radius 2 is 1.63 bits per heavy atom. The van der Waals surface area contributed by atoms with Crippen LogP contribution in [0.1, 0.15) is 36.2 Å². The molecule has 2 rings (SSSR count). The van der Waals surface area contributed by atoms with Gasteiger partial charge in [-0.1, -0.05) is 12.1 Å². The standard InChI is InChI=1S/C20H22N4O3/c1-13-5-4-6-18(11-13)22-19(26)12-14(2)23-24-20(27)16-7-9-17(10-8-16)21-15(3)25/h4-11H,12H2,1-3H3,(H,21,25)(H,22,26)(H,24,27)/b23-14+. The number of hydrazone groups is 1. The van der Waals surface area contributed by atoms with Gasteiger partial charge in [-0.3, -0.25) is 14.4 Å². The molecule has 0 aliphatic heterocycles. The summed E-state index contributed by atoms with van der Waals surface area (Å²) in [7, 11) is 0. The van der Waals surface area contributed by atoms with E-state index in [1.54, 1.807) is 31.2 Å². The molecule has 2 aromatic carbocycles. The Hall–Kier alpha value is -3.48. The first-order chi connectivity index (χ1) is 12.8. The number of carbonyl (C=O) groups excluding carboxylic acids is 3. The molecule has 140 valence electrons. The van der Waals surface area contributed by atoms with Crippen LogP contribution < -0.4 is 16.1 Å². The van der Waals surface area contributed by atoms with Crippen LogP contribution in [0.3, 0.4) is 0 Å². The summed E-state index contributed by atoms with van der Waals surface area (Å²) in [5.74, 6) is -0.796. The van der Waals surface area contributed by atoms with Crippen LogP contribution in [0.25, 0.3) is 0 Å². The van der Waals surface area contributed by atoms with Gasteiger partial charge in [0.05, 0.1) is 6.42 Å². The molecule has 0 aromatic heterocycles. The van der Waals surface area contributed by atoms with Crippen molar-refractivity contribution in [2.75, 3.05) is 10.6 Å². The predicted octanol–water partition coefficient (Wildman–Crippen LogP) is 3.09. The van der Waals surface area contributed by atoms with Crippen LogP contribution in [-0.2, 0) is 9.59 Å². The number of amides is 3. The van der Waals surface area contributed by atoms with Crippen LogP contribution in [0.4, 0.5) is 11.4 Å². The van der Waals surface area contributed by atoms with E-state index in [1.165, 1.54) is 6.92 Å². The number of benzene rings is 2. The van der Waals surface area contributed by atoms with Crippen molar-refractivity contribution in [2.45, 2.75) is 27.2 Å². The maximum absolute atomic E-state index is 12.1. The quantitative estimate of drug-likeness (QED) is 0.541. The number of rotatable bonds is 6. The molecule has 7 heteroatoms. The van der Waals surface area contributed by atoms with E-state index in [0.717, 1.165) is 11.3 Å². The first-order valence-corrected chi connectivity index (χ1v) is 8.41. The van der Waals surface area contributed by atoms with E-state index < -0.39 is 5.91 Å². The number of nitrogens with zero attached hydrogens (tertiary/aromatic N) is 1. The van der Waals surface area contributed by atoms with Crippen molar-refractivity contribution < 1.29 is 14.4 Å². The average Bonchev–Trinajstić information content (AvgIpc) is 2.59. The highest BCUT2D eigenvalue weighted by molar-refractivity contribution is 6.06. The third kappa shape index (κ3) is 6.74. The minimum Gasteiger partial charge on any atom is -0.326 e. The lowest BCUT2D eigenvalue weighted by atomic mass is 10.2. The van der Waals surface area contributed by atoms with Crippen molar-refractivity contribution in [3.05, 3.63) is 59.7 Å². The molecule has 0 unspecified atom stereocenters. The van der Waals surface area contributed by atoms with E-state index in [-0.39, 0.29) is 18.2 Å². The Kier molecular flexibility index (Phi) is 6.82. The van der Waals surface area contributed by atoms with Crippen LogP contribution in [0.2, 0.25) is 0 Å². The van der Waals surface area contributed by atoms with Gasteiger partial charge in [-0.2, -0.15) is 5.10 Å². The maximum Gasteiger partial charge on any atom is 0.271 e. The fourth-order valence-electron chi connectivity index (χ4n) is 2.32. The third-order valence-electron chi connectivity index (χ3n) is 3.53. The van der Waals surface area contributed by atoms with E-state index in [4.69, 9.17) is 0 Å². The third-order valence-corrected chi connectivity index (χ3v) is 3.53. The molecule has 0 radical (unpaired) electrons. The van der Waals surface area contributed by atoms with Crippen molar-refractivity contribution in [1.82, 2.24) is 5.43 Å². The van der Waals surface area contributed by atoms with Gasteiger partial charge < -0.3 is 10.6 Å². The van der Waals surface area contributed by atoms with Gasteiger partial charge in [0, 0.05) is 29.6 Å². The molecule has 3 N–H and O–H groups in total.